The first-order valence-corrected chi connectivity index (χ1v) is 4.03. The average molecular weight is 176 g/mol. The molecule has 0 rings (SSSR count). The highest BCUT2D eigenvalue weighted by Gasteiger charge is 2.19. The van der Waals surface area contributed by atoms with Gasteiger partial charge in [-0.15, -0.1) is 0 Å². The van der Waals surface area contributed by atoms with Gasteiger partial charge in [-0.2, -0.15) is 0 Å². The summed E-state index contributed by atoms with van der Waals surface area (Å²) < 4.78 is 4.40. The van der Waals surface area contributed by atoms with Crippen LogP contribution in [0.1, 0.15) is 32.6 Å². The molecule has 0 heterocycles. The lowest BCUT2D eigenvalue weighted by Gasteiger charge is -2.18. The molecule has 0 fully saturated rings. The zero-order valence-corrected chi connectivity index (χ0v) is 7.54. The fourth-order valence-corrected chi connectivity index (χ4v) is 0.795. The molecule has 0 aliphatic carbocycles. The first kappa shape index (κ1) is 11.4. The number of methoxy groups -OCH3 is 1. The van der Waals surface area contributed by atoms with Crippen molar-refractivity contribution < 1.29 is 19.7 Å². The predicted octanol–water partition coefficient (Wildman–Crippen LogP) is 0.421. The van der Waals surface area contributed by atoms with Gasteiger partial charge in [0.2, 0.25) is 0 Å². The molecule has 0 amide bonds. The number of hydrogen-bond donors (Lipinski definition) is 2. The van der Waals surface area contributed by atoms with Gasteiger partial charge in [-0.3, -0.25) is 4.79 Å². The highest BCUT2D eigenvalue weighted by atomic mass is 16.5. The van der Waals surface area contributed by atoms with Crippen LogP contribution in [0, 0.1) is 0 Å². The summed E-state index contributed by atoms with van der Waals surface area (Å²) in [4.78, 5) is 10.6. The SMILES string of the molecule is CCC(O)(O)CCCC(=O)OC. The monoisotopic (exact) mass is 176 g/mol. The van der Waals surface area contributed by atoms with Crippen LogP contribution in [0.4, 0.5) is 0 Å². The molecule has 0 bridgehead atoms. The van der Waals surface area contributed by atoms with Crippen molar-refractivity contribution in [2.75, 3.05) is 7.11 Å². The molecule has 4 heteroatoms. The Morgan fingerprint density at radius 3 is 2.50 bits per heavy atom. The molecule has 4 nitrogen and oxygen atoms in total. The summed E-state index contributed by atoms with van der Waals surface area (Å²) in [5.41, 5.74) is 0. The van der Waals surface area contributed by atoms with Crippen LogP contribution in [-0.2, 0) is 9.53 Å². The van der Waals surface area contributed by atoms with Crippen molar-refractivity contribution in [3.05, 3.63) is 0 Å². The summed E-state index contributed by atoms with van der Waals surface area (Å²) in [6, 6.07) is 0. The van der Waals surface area contributed by atoms with Crippen LogP contribution in [0.15, 0.2) is 0 Å². The normalized spacial score (nSPS) is 11.3. The quantitative estimate of drug-likeness (QED) is 0.470. The maximum atomic E-state index is 10.6. The minimum absolute atomic E-state index is 0.207. The van der Waals surface area contributed by atoms with Crippen molar-refractivity contribution in [2.45, 2.75) is 38.4 Å². The first-order chi connectivity index (χ1) is 5.52. The number of aliphatic hydroxyl groups is 2. The number of hydrogen-bond acceptors (Lipinski definition) is 4. The summed E-state index contributed by atoms with van der Waals surface area (Å²) in [7, 11) is 1.31. The number of carbonyl (C=O) groups excluding carboxylic acids is 1. The smallest absolute Gasteiger partial charge is 0.305 e. The van der Waals surface area contributed by atoms with Crippen LogP contribution in [0.5, 0.6) is 0 Å². The molecule has 0 spiro atoms. The third kappa shape index (κ3) is 5.09. The van der Waals surface area contributed by atoms with E-state index in [1.165, 1.54) is 7.11 Å². The largest absolute Gasteiger partial charge is 0.469 e. The van der Waals surface area contributed by atoms with Gasteiger partial charge < -0.3 is 14.9 Å². The van der Waals surface area contributed by atoms with Gasteiger partial charge in [0, 0.05) is 12.8 Å². The van der Waals surface area contributed by atoms with Crippen LogP contribution in [-0.4, -0.2) is 29.1 Å². The van der Waals surface area contributed by atoms with Crippen LogP contribution in [0.25, 0.3) is 0 Å². The minimum atomic E-state index is -1.63. The minimum Gasteiger partial charge on any atom is -0.469 e. The van der Waals surface area contributed by atoms with Crippen molar-refractivity contribution in [3.63, 3.8) is 0 Å². The molecule has 0 saturated heterocycles. The number of carbonyl (C=O) groups is 1. The average Bonchev–Trinajstić information content (AvgIpc) is 2.04. The second-order valence-corrected chi connectivity index (χ2v) is 2.77. The van der Waals surface area contributed by atoms with Crippen molar-refractivity contribution in [1.29, 1.82) is 0 Å². The molecule has 0 atom stereocenters. The zero-order chi connectivity index (χ0) is 9.61. The molecular formula is C8H16O4. The summed E-state index contributed by atoms with van der Waals surface area (Å²) >= 11 is 0. The molecule has 0 radical (unpaired) electrons. The van der Waals surface area contributed by atoms with Gasteiger partial charge in [0.15, 0.2) is 5.79 Å². The molecule has 12 heavy (non-hydrogen) atoms. The van der Waals surface area contributed by atoms with Crippen LogP contribution in [0.3, 0.4) is 0 Å². The van der Waals surface area contributed by atoms with Gasteiger partial charge in [-0.25, -0.2) is 0 Å². The number of rotatable bonds is 5. The van der Waals surface area contributed by atoms with Crippen molar-refractivity contribution >= 4 is 5.97 Å². The summed E-state index contributed by atoms with van der Waals surface area (Å²) in [6.45, 7) is 1.68. The number of ether oxygens (including phenoxy) is 1. The molecule has 2 N–H and O–H groups in total. The maximum absolute atomic E-state index is 10.6. The molecule has 0 aliphatic rings. The molecule has 0 aromatic heterocycles. The maximum Gasteiger partial charge on any atom is 0.305 e. The van der Waals surface area contributed by atoms with Gasteiger partial charge in [0.05, 0.1) is 7.11 Å². The fourth-order valence-electron chi connectivity index (χ4n) is 0.795. The third-order valence-electron chi connectivity index (χ3n) is 1.75. The molecule has 72 valence electrons. The van der Waals surface area contributed by atoms with E-state index < -0.39 is 5.79 Å². The van der Waals surface area contributed by atoms with E-state index in [1.54, 1.807) is 6.92 Å². The summed E-state index contributed by atoms with van der Waals surface area (Å²) in [5, 5.41) is 18.2. The Labute approximate surface area is 72.2 Å². The lowest BCUT2D eigenvalue weighted by Crippen LogP contribution is -2.26. The lowest BCUT2D eigenvalue weighted by molar-refractivity contribution is -0.168. The second kappa shape index (κ2) is 5.11. The Kier molecular flexibility index (Phi) is 4.85. The highest BCUT2D eigenvalue weighted by Crippen LogP contribution is 2.14. The third-order valence-corrected chi connectivity index (χ3v) is 1.75. The Hall–Kier alpha value is -0.610. The first-order valence-electron chi connectivity index (χ1n) is 4.03. The molecular weight excluding hydrogens is 160 g/mol. The second-order valence-electron chi connectivity index (χ2n) is 2.77. The van der Waals surface area contributed by atoms with Crippen molar-refractivity contribution in [2.24, 2.45) is 0 Å². The summed E-state index contributed by atoms with van der Waals surface area (Å²) in [6.07, 6.45) is 1.15. The van der Waals surface area contributed by atoms with Crippen molar-refractivity contribution in [1.82, 2.24) is 0 Å². The van der Waals surface area contributed by atoms with Gasteiger partial charge in [-0.1, -0.05) is 6.92 Å². The topological polar surface area (TPSA) is 66.8 Å². The zero-order valence-electron chi connectivity index (χ0n) is 7.54. The van der Waals surface area contributed by atoms with E-state index in [2.05, 4.69) is 4.74 Å². The van der Waals surface area contributed by atoms with Gasteiger partial charge in [-0.05, 0) is 12.8 Å². The van der Waals surface area contributed by atoms with Gasteiger partial charge in [0.25, 0.3) is 0 Å². The molecule has 0 aliphatic heterocycles. The molecule has 0 aromatic rings. The standard InChI is InChI=1S/C8H16O4/c1-3-8(10,11)6-4-5-7(9)12-2/h10-11H,3-6H2,1-2H3. The van der Waals surface area contributed by atoms with E-state index in [4.69, 9.17) is 10.2 Å². The van der Waals surface area contributed by atoms with E-state index in [9.17, 15) is 4.79 Å². The van der Waals surface area contributed by atoms with E-state index in [0.717, 1.165) is 0 Å². The molecule has 0 aromatic carbocycles. The Morgan fingerprint density at radius 2 is 2.08 bits per heavy atom. The molecule has 0 saturated carbocycles. The predicted molar refractivity (Wildman–Crippen MR) is 43.3 cm³/mol. The van der Waals surface area contributed by atoms with Crippen LogP contribution < -0.4 is 0 Å². The van der Waals surface area contributed by atoms with Crippen LogP contribution >= 0.6 is 0 Å². The van der Waals surface area contributed by atoms with E-state index >= 15 is 0 Å². The van der Waals surface area contributed by atoms with E-state index in [1.807, 2.05) is 0 Å². The molecule has 0 unspecified atom stereocenters. The highest BCUT2D eigenvalue weighted by molar-refractivity contribution is 5.68. The van der Waals surface area contributed by atoms with Crippen LogP contribution in [0.2, 0.25) is 0 Å². The Morgan fingerprint density at radius 1 is 1.50 bits per heavy atom. The van der Waals surface area contributed by atoms with Gasteiger partial charge >= 0.3 is 5.97 Å². The summed E-state index contributed by atoms with van der Waals surface area (Å²) in [5.74, 6) is -1.95. The van der Waals surface area contributed by atoms with Gasteiger partial charge in [0.1, 0.15) is 0 Å². The van der Waals surface area contributed by atoms with Crippen molar-refractivity contribution in [3.8, 4) is 0 Å². The number of esters is 1. The Bertz CT molecular complexity index is 142. The fraction of sp³-hybridized carbons (Fsp3) is 0.875. The van der Waals surface area contributed by atoms with E-state index in [0.29, 0.717) is 6.42 Å². The lowest BCUT2D eigenvalue weighted by atomic mass is 10.1. The van der Waals surface area contributed by atoms with E-state index in [-0.39, 0.29) is 25.2 Å². The Balaban J connectivity index is 3.49.